The van der Waals surface area contributed by atoms with Crippen molar-refractivity contribution < 1.29 is 13.6 Å². The molecule has 1 N–H and O–H groups in total. The number of furan rings is 2. The Hall–Kier alpha value is -2.66. The van der Waals surface area contributed by atoms with Crippen LogP contribution in [0.25, 0.3) is 22.9 Å². The molecule has 7 nitrogen and oxygen atoms in total. The molecule has 0 bridgehead atoms. The maximum atomic E-state index is 12.3. The van der Waals surface area contributed by atoms with E-state index < -0.39 is 0 Å². The second-order valence-electron chi connectivity index (χ2n) is 5.56. The average Bonchev–Trinajstić information content (AvgIpc) is 3.42. The second-order valence-corrected chi connectivity index (χ2v) is 7.67. The van der Waals surface area contributed by atoms with E-state index in [0.29, 0.717) is 28.1 Å². The number of hydrogen-bond donors (Lipinski definition) is 1. The molecule has 9 heteroatoms. The summed E-state index contributed by atoms with van der Waals surface area (Å²) in [6.45, 7) is 0. The number of thioether (sulfide) groups is 1. The lowest BCUT2D eigenvalue weighted by Gasteiger charge is -2.07. The number of nitrogens with one attached hydrogen (secondary N) is 1. The zero-order valence-corrected chi connectivity index (χ0v) is 17.3. The highest BCUT2D eigenvalue weighted by Gasteiger charge is 2.18. The van der Waals surface area contributed by atoms with Gasteiger partial charge in [0, 0.05) is 3.57 Å². The molecule has 1 amide bonds. The molecule has 0 saturated heterocycles. The molecule has 0 fully saturated rings. The number of nitrogens with zero attached hydrogens (tertiary/aromatic N) is 3. The molecule has 1 aromatic carbocycles. The van der Waals surface area contributed by atoms with Gasteiger partial charge in [0.1, 0.15) is 5.69 Å². The van der Waals surface area contributed by atoms with Gasteiger partial charge in [-0.05, 0) is 59.0 Å². The number of amides is 1. The Morgan fingerprint density at radius 3 is 2.36 bits per heavy atom. The van der Waals surface area contributed by atoms with Gasteiger partial charge in [0.15, 0.2) is 17.2 Å². The summed E-state index contributed by atoms with van der Waals surface area (Å²) in [5.74, 6) is 1.10. The smallest absolute Gasteiger partial charge is 0.234 e. The summed E-state index contributed by atoms with van der Waals surface area (Å²) in [4.78, 5) is 16.8. The quantitative estimate of drug-likeness (QED) is 0.300. The van der Waals surface area contributed by atoms with Crippen LogP contribution < -0.4 is 5.32 Å². The first-order valence-corrected chi connectivity index (χ1v) is 10.3. The Bertz CT molecular complexity index is 1080. The molecular formula is C19H13IN4O3S. The van der Waals surface area contributed by atoms with Gasteiger partial charge in [-0.1, -0.05) is 23.9 Å². The van der Waals surface area contributed by atoms with Crippen molar-refractivity contribution in [3.63, 3.8) is 0 Å². The van der Waals surface area contributed by atoms with E-state index in [1.165, 1.54) is 11.8 Å². The molecular weight excluding hydrogens is 491 g/mol. The Balaban J connectivity index is 1.52. The Labute approximate surface area is 178 Å². The van der Waals surface area contributed by atoms with Crippen molar-refractivity contribution in [2.45, 2.75) is 5.16 Å². The van der Waals surface area contributed by atoms with E-state index in [1.54, 1.807) is 36.8 Å². The minimum absolute atomic E-state index is 0.146. The largest absolute Gasteiger partial charge is 0.463 e. The van der Waals surface area contributed by atoms with E-state index in [2.05, 4.69) is 43.1 Å². The van der Waals surface area contributed by atoms with E-state index in [1.807, 2.05) is 24.3 Å². The van der Waals surface area contributed by atoms with Crippen LogP contribution in [0.5, 0.6) is 0 Å². The lowest BCUT2D eigenvalue weighted by atomic mass is 10.2. The molecule has 0 radical (unpaired) electrons. The van der Waals surface area contributed by atoms with Crippen molar-refractivity contribution in [1.82, 2.24) is 15.2 Å². The van der Waals surface area contributed by atoms with Gasteiger partial charge in [-0.2, -0.15) is 0 Å². The third kappa shape index (κ3) is 4.25. The molecule has 0 unspecified atom stereocenters. The lowest BCUT2D eigenvalue weighted by molar-refractivity contribution is -0.113. The molecule has 0 saturated carbocycles. The summed E-state index contributed by atoms with van der Waals surface area (Å²) in [6, 6.07) is 14.7. The fourth-order valence-corrected chi connectivity index (χ4v) is 3.52. The summed E-state index contributed by atoms with van der Waals surface area (Å²) in [6.07, 6.45) is 3.12. The van der Waals surface area contributed by atoms with Gasteiger partial charge in [0.05, 0.1) is 24.0 Å². The number of anilines is 1. The topological polar surface area (TPSA) is 94.0 Å². The van der Waals surface area contributed by atoms with Crippen LogP contribution in [-0.2, 0) is 4.79 Å². The SMILES string of the molecule is O=C(CSc1nnc(-c2ccco2)c(-c2ccco2)n1)Nc1ccccc1I. The molecule has 4 rings (SSSR count). The molecule has 28 heavy (non-hydrogen) atoms. The standard InChI is InChI=1S/C19H13IN4O3S/c20-12-5-1-2-6-13(12)21-16(25)11-28-19-22-17(14-7-3-9-26-14)18(23-24-19)15-8-4-10-27-15/h1-10H,11H2,(H,21,25). The van der Waals surface area contributed by atoms with Crippen molar-refractivity contribution in [1.29, 1.82) is 0 Å². The summed E-state index contributed by atoms with van der Waals surface area (Å²) < 4.78 is 11.9. The summed E-state index contributed by atoms with van der Waals surface area (Å²) in [5.41, 5.74) is 1.76. The monoisotopic (exact) mass is 504 g/mol. The number of aromatic nitrogens is 3. The first-order chi connectivity index (χ1) is 13.7. The van der Waals surface area contributed by atoms with Gasteiger partial charge in [0.2, 0.25) is 11.1 Å². The number of para-hydroxylation sites is 1. The molecule has 0 spiro atoms. The van der Waals surface area contributed by atoms with Crippen LogP contribution in [0.2, 0.25) is 0 Å². The van der Waals surface area contributed by atoms with Gasteiger partial charge < -0.3 is 14.2 Å². The van der Waals surface area contributed by atoms with E-state index in [9.17, 15) is 4.79 Å². The van der Waals surface area contributed by atoms with Crippen LogP contribution in [0.15, 0.2) is 75.0 Å². The molecule has 0 aliphatic carbocycles. The number of hydrogen-bond acceptors (Lipinski definition) is 7. The van der Waals surface area contributed by atoms with Crippen LogP contribution in [0, 0.1) is 3.57 Å². The Morgan fingerprint density at radius 1 is 0.964 bits per heavy atom. The normalized spacial score (nSPS) is 10.8. The number of benzene rings is 1. The van der Waals surface area contributed by atoms with Crippen molar-refractivity contribution in [3.05, 3.63) is 64.6 Å². The zero-order chi connectivity index (χ0) is 19.3. The minimum Gasteiger partial charge on any atom is -0.463 e. The fourth-order valence-electron chi connectivity index (χ4n) is 2.42. The third-order valence-electron chi connectivity index (χ3n) is 3.66. The van der Waals surface area contributed by atoms with Crippen LogP contribution in [0.1, 0.15) is 0 Å². The fraction of sp³-hybridized carbons (Fsp3) is 0.0526. The Morgan fingerprint density at radius 2 is 1.68 bits per heavy atom. The molecule has 0 aliphatic rings. The number of halogens is 1. The molecule has 4 aromatic rings. The van der Waals surface area contributed by atoms with Gasteiger partial charge in [-0.25, -0.2) is 4.98 Å². The van der Waals surface area contributed by atoms with Gasteiger partial charge in [-0.15, -0.1) is 10.2 Å². The van der Waals surface area contributed by atoms with E-state index >= 15 is 0 Å². The predicted molar refractivity (Wildman–Crippen MR) is 114 cm³/mol. The minimum atomic E-state index is -0.146. The highest BCUT2D eigenvalue weighted by molar-refractivity contribution is 14.1. The molecule has 0 atom stereocenters. The van der Waals surface area contributed by atoms with E-state index in [0.717, 1.165) is 9.26 Å². The van der Waals surface area contributed by atoms with Crippen LogP contribution in [0.3, 0.4) is 0 Å². The molecule has 3 heterocycles. The molecule has 140 valence electrons. The van der Waals surface area contributed by atoms with Crippen LogP contribution >= 0.6 is 34.4 Å². The maximum absolute atomic E-state index is 12.3. The van der Waals surface area contributed by atoms with Crippen molar-refractivity contribution in [3.8, 4) is 22.9 Å². The number of carbonyl (C=O) groups excluding carboxylic acids is 1. The van der Waals surface area contributed by atoms with E-state index in [4.69, 9.17) is 8.83 Å². The summed E-state index contributed by atoms with van der Waals surface area (Å²) in [7, 11) is 0. The van der Waals surface area contributed by atoms with Crippen LogP contribution in [0.4, 0.5) is 5.69 Å². The number of rotatable bonds is 6. The summed E-state index contributed by atoms with van der Waals surface area (Å²) in [5, 5.41) is 11.6. The Kier molecular flexibility index (Phi) is 5.72. The van der Waals surface area contributed by atoms with Crippen molar-refractivity contribution in [2.24, 2.45) is 0 Å². The highest BCUT2D eigenvalue weighted by Crippen LogP contribution is 2.30. The molecule has 0 aliphatic heterocycles. The van der Waals surface area contributed by atoms with Crippen molar-refractivity contribution in [2.75, 3.05) is 11.1 Å². The van der Waals surface area contributed by atoms with Crippen LogP contribution in [-0.4, -0.2) is 26.8 Å². The predicted octanol–water partition coefficient (Wildman–Crippen LogP) is 4.73. The third-order valence-corrected chi connectivity index (χ3v) is 5.44. The zero-order valence-electron chi connectivity index (χ0n) is 14.3. The first-order valence-electron chi connectivity index (χ1n) is 8.20. The van der Waals surface area contributed by atoms with Gasteiger partial charge in [-0.3, -0.25) is 4.79 Å². The second kappa shape index (κ2) is 8.57. The lowest BCUT2D eigenvalue weighted by Crippen LogP contribution is -2.15. The summed E-state index contributed by atoms with van der Waals surface area (Å²) >= 11 is 3.38. The maximum Gasteiger partial charge on any atom is 0.234 e. The molecule has 3 aromatic heterocycles. The van der Waals surface area contributed by atoms with Gasteiger partial charge in [0.25, 0.3) is 0 Å². The van der Waals surface area contributed by atoms with Crippen molar-refractivity contribution >= 4 is 45.9 Å². The highest BCUT2D eigenvalue weighted by atomic mass is 127. The van der Waals surface area contributed by atoms with E-state index in [-0.39, 0.29) is 11.7 Å². The number of carbonyl (C=O) groups is 1. The average molecular weight is 504 g/mol. The first kappa shape index (κ1) is 18.7. The van der Waals surface area contributed by atoms with Gasteiger partial charge >= 0.3 is 0 Å².